The highest BCUT2D eigenvalue weighted by molar-refractivity contribution is 7.09. The summed E-state index contributed by atoms with van der Waals surface area (Å²) in [5.41, 5.74) is 1.63. The summed E-state index contributed by atoms with van der Waals surface area (Å²) in [4.78, 5) is 12.7. The quantitative estimate of drug-likeness (QED) is 0.871. The number of benzene rings is 1. The number of amides is 1. The molecule has 0 aliphatic rings. The number of carbonyl (C=O) groups excluding carboxylic acids is 1. The molecular weight excluding hydrogens is 232 g/mol. The maximum atomic E-state index is 11.5. The summed E-state index contributed by atoms with van der Waals surface area (Å²) in [6, 6.07) is 11.6. The Labute approximate surface area is 104 Å². The van der Waals surface area contributed by atoms with Gasteiger partial charge in [-0.15, -0.1) is 11.3 Å². The van der Waals surface area contributed by atoms with E-state index in [2.05, 4.69) is 22.1 Å². The van der Waals surface area contributed by atoms with Crippen LogP contribution >= 0.6 is 11.3 Å². The van der Waals surface area contributed by atoms with Crippen LogP contribution in [0.15, 0.2) is 41.8 Å². The van der Waals surface area contributed by atoms with E-state index in [0.717, 1.165) is 12.2 Å². The van der Waals surface area contributed by atoms with Crippen molar-refractivity contribution in [2.75, 3.05) is 12.4 Å². The van der Waals surface area contributed by atoms with Crippen LogP contribution in [0, 0.1) is 0 Å². The van der Waals surface area contributed by atoms with Gasteiger partial charge in [-0.05, 0) is 29.6 Å². The minimum Gasteiger partial charge on any atom is -0.380 e. The SMILES string of the molecule is CNC(=O)c1cccc(NCc2cccs2)c1. The molecule has 0 spiro atoms. The average Bonchev–Trinajstić information content (AvgIpc) is 2.89. The lowest BCUT2D eigenvalue weighted by atomic mass is 10.2. The van der Waals surface area contributed by atoms with Gasteiger partial charge >= 0.3 is 0 Å². The second kappa shape index (κ2) is 5.50. The monoisotopic (exact) mass is 246 g/mol. The molecule has 0 radical (unpaired) electrons. The van der Waals surface area contributed by atoms with Gasteiger partial charge in [-0.3, -0.25) is 4.79 Å². The van der Waals surface area contributed by atoms with E-state index in [1.807, 2.05) is 24.3 Å². The fraction of sp³-hybridized carbons (Fsp3) is 0.154. The molecule has 0 unspecified atom stereocenters. The Morgan fingerprint density at radius 3 is 2.88 bits per heavy atom. The van der Waals surface area contributed by atoms with Gasteiger partial charge in [-0.1, -0.05) is 12.1 Å². The second-order valence-corrected chi connectivity index (χ2v) is 4.63. The van der Waals surface area contributed by atoms with Crippen LogP contribution in [0.4, 0.5) is 5.69 Å². The van der Waals surface area contributed by atoms with Gasteiger partial charge in [0.05, 0.1) is 0 Å². The second-order valence-electron chi connectivity index (χ2n) is 3.59. The van der Waals surface area contributed by atoms with Crippen LogP contribution in [0.25, 0.3) is 0 Å². The zero-order valence-electron chi connectivity index (χ0n) is 9.57. The van der Waals surface area contributed by atoms with Crippen molar-refractivity contribution in [3.05, 3.63) is 52.2 Å². The van der Waals surface area contributed by atoms with Gasteiger partial charge in [-0.2, -0.15) is 0 Å². The van der Waals surface area contributed by atoms with Gasteiger partial charge < -0.3 is 10.6 Å². The van der Waals surface area contributed by atoms with Crippen molar-refractivity contribution in [3.63, 3.8) is 0 Å². The van der Waals surface area contributed by atoms with Gasteiger partial charge in [-0.25, -0.2) is 0 Å². The maximum absolute atomic E-state index is 11.5. The van der Waals surface area contributed by atoms with Crippen molar-refractivity contribution in [2.45, 2.75) is 6.54 Å². The highest BCUT2D eigenvalue weighted by Gasteiger charge is 2.03. The molecule has 1 amide bonds. The summed E-state index contributed by atoms with van der Waals surface area (Å²) in [6.45, 7) is 0.787. The Hall–Kier alpha value is -1.81. The van der Waals surface area contributed by atoms with Gasteiger partial charge in [0.25, 0.3) is 5.91 Å². The molecule has 0 saturated heterocycles. The van der Waals surface area contributed by atoms with E-state index in [1.54, 1.807) is 24.5 Å². The van der Waals surface area contributed by atoms with Gasteiger partial charge in [0.2, 0.25) is 0 Å². The van der Waals surface area contributed by atoms with Crippen LogP contribution in [0.1, 0.15) is 15.2 Å². The summed E-state index contributed by atoms with van der Waals surface area (Å²) in [5.74, 6) is -0.0650. The van der Waals surface area contributed by atoms with Gasteiger partial charge in [0.1, 0.15) is 0 Å². The van der Waals surface area contributed by atoms with Crippen LogP contribution < -0.4 is 10.6 Å². The third kappa shape index (κ3) is 3.07. The van der Waals surface area contributed by atoms with Gasteiger partial charge in [0.15, 0.2) is 0 Å². The molecule has 0 atom stereocenters. The zero-order chi connectivity index (χ0) is 12.1. The highest BCUT2D eigenvalue weighted by Crippen LogP contribution is 2.14. The van der Waals surface area contributed by atoms with E-state index in [-0.39, 0.29) is 5.91 Å². The Morgan fingerprint density at radius 1 is 1.29 bits per heavy atom. The lowest BCUT2D eigenvalue weighted by Crippen LogP contribution is -2.17. The van der Waals surface area contributed by atoms with E-state index in [0.29, 0.717) is 5.56 Å². The molecule has 0 saturated carbocycles. The first-order valence-corrected chi connectivity index (χ1v) is 6.26. The molecule has 88 valence electrons. The third-order valence-electron chi connectivity index (χ3n) is 2.40. The Kier molecular flexibility index (Phi) is 3.77. The Morgan fingerprint density at radius 2 is 2.18 bits per heavy atom. The minimum atomic E-state index is -0.0650. The van der Waals surface area contributed by atoms with Crippen LogP contribution in [-0.4, -0.2) is 13.0 Å². The molecule has 2 aromatic rings. The number of rotatable bonds is 4. The van der Waals surface area contributed by atoms with E-state index in [4.69, 9.17) is 0 Å². The van der Waals surface area contributed by atoms with Crippen LogP contribution in [0.5, 0.6) is 0 Å². The molecular formula is C13H14N2OS. The lowest BCUT2D eigenvalue weighted by molar-refractivity contribution is 0.0963. The molecule has 1 aromatic carbocycles. The van der Waals surface area contributed by atoms with Crippen LogP contribution in [-0.2, 0) is 6.54 Å². The molecule has 2 rings (SSSR count). The molecule has 0 fully saturated rings. The van der Waals surface area contributed by atoms with Crippen molar-refractivity contribution < 1.29 is 4.79 Å². The summed E-state index contributed by atoms with van der Waals surface area (Å²) in [7, 11) is 1.63. The third-order valence-corrected chi connectivity index (χ3v) is 3.28. The first-order valence-electron chi connectivity index (χ1n) is 5.38. The topological polar surface area (TPSA) is 41.1 Å². The van der Waals surface area contributed by atoms with Crippen LogP contribution in [0.3, 0.4) is 0 Å². The normalized spacial score (nSPS) is 9.94. The minimum absolute atomic E-state index is 0.0650. The van der Waals surface area contributed by atoms with Crippen molar-refractivity contribution in [1.82, 2.24) is 5.32 Å². The van der Waals surface area contributed by atoms with Crippen molar-refractivity contribution in [2.24, 2.45) is 0 Å². The van der Waals surface area contributed by atoms with Crippen LogP contribution in [0.2, 0.25) is 0 Å². The summed E-state index contributed by atoms with van der Waals surface area (Å²) in [5, 5.41) is 7.96. The molecule has 4 heteroatoms. The number of thiophene rings is 1. The fourth-order valence-electron chi connectivity index (χ4n) is 1.52. The fourth-order valence-corrected chi connectivity index (χ4v) is 2.16. The molecule has 1 aromatic heterocycles. The van der Waals surface area contributed by atoms with Gasteiger partial charge in [0, 0.05) is 29.7 Å². The summed E-state index contributed by atoms with van der Waals surface area (Å²) >= 11 is 1.72. The number of carbonyl (C=O) groups is 1. The predicted octanol–water partition coefficient (Wildman–Crippen LogP) is 2.72. The highest BCUT2D eigenvalue weighted by atomic mass is 32.1. The van der Waals surface area contributed by atoms with Crippen molar-refractivity contribution in [3.8, 4) is 0 Å². The summed E-state index contributed by atoms with van der Waals surface area (Å²) in [6.07, 6.45) is 0. The van der Waals surface area contributed by atoms with Crippen molar-refractivity contribution in [1.29, 1.82) is 0 Å². The predicted molar refractivity (Wildman–Crippen MR) is 71.5 cm³/mol. The molecule has 0 bridgehead atoms. The molecule has 17 heavy (non-hydrogen) atoms. The smallest absolute Gasteiger partial charge is 0.251 e. The molecule has 1 heterocycles. The first kappa shape index (κ1) is 11.7. The molecule has 3 nitrogen and oxygen atoms in total. The molecule has 2 N–H and O–H groups in total. The van der Waals surface area contributed by atoms with E-state index < -0.39 is 0 Å². The van der Waals surface area contributed by atoms with Crippen molar-refractivity contribution >= 4 is 22.9 Å². The average molecular weight is 246 g/mol. The molecule has 0 aliphatic heterocycles. The standard InChI is InChI=1S/C13H14N2OS/c1-14-13(16)10-4-2-5-11(8-10)15-9-12-6-3-7-17-12/h2-8,15H,9H2,1H3,(H,14,16). The Bertz CT molecular complexity index is 494. The number of hydrogen-bond acceptors (Lipinski definition) is 3. The molecule has 0 aliphatic carbocycles. The number of nitrogens with one attached hydrogen (secondary N) is 2. The number of anilines is 1. The lowest BCUT2D eigenvalue weighted by Gasteiger charge is -2.06. The largest absolute Gasteiger partial charge is 0.380 e. The zero-order valence-corrected chi connectivity index (χ0v) is 10.4. The first-order chi connectivity index (χ1) is 8.29. The van der Waals surface area contributed by atoms with E-state index >= 15 is 0 Å². The van der Waals surface area contributed by atoms with E-state index in [9.17, 15) is 4.79 Å². The van der Waals surface area contributed by atoms with E-state index in [1.165, 1.54) is 4.88 Å². The Balaban J connectivity index is 2.03. The number of hydrogen-bond donors (Lipinski definition) is 2. The maximum Gasteiger partial charge on any atom is 0.251 e. The summed E-state index contributed by atoms with van der Waals surface area (Å²) < 4.78 is 0.